The Balaban J connectivity index is 2.47. The quantitative estimate of drug-likeness (QED) is 0.849. The Morgan fingerprint density at radius 1 is 1.47 bits per heavy atom. The van der Waals surface area contributed by atoms with E-state index in [1.54, 1.807) is 0 Å². The lowest BCUT2D eigenvalue weighted by atomic mass is 9.99. The number of benzene rings is 1. The second-order valence-corrected chi connectivity index (χ2v) is 4.05. The number of carboxylic acids is 1. The Morgan fingerprint density at radius 2 is 2.18 bits per heavy atom. The van der Waals surface area contributed by atoms with Gasteiger partial charge in [0, 0.05) is 12.1 Å². The van der Waals surface area contributed by atoms with E-state index in [0.29, 0.717) is 17.7 Å². The zero-order valence-electron chi connectivity index (χ0n) is 9.31. The molecule has 1 aromatic rings. The zero-order chi connectivity index (χ0) is 12.6. The van der Waals surface area contributed by atoms with E-state index in [4.69, 9.17) is 5.11 Å². The number of aryl methyl sites for hydroxylation is 1. The summed E-state index contributed by atoms with van der Waals surface area (Å²) in [4.78, 5) is 23.9. The minimum atomic E-state index is -1.07. The van der Waals surface area contributed by atoms with Crippen LogP contribution in [-0.4, -0.2) is 23.0 Å². The average Bonchev–Trinajstić information content (AvgIpc) is 2.28. The van der Waals surface area contributed by atoms with Crippen molar-refractivity contribution >= 4 is 17.6 Å². The van der Waals surface area contributed by atoms with Crippen LogP contribution in [0, 0.1) is 5.82 Å². The predicted molar refractivity (Wildman–Crippen MR) is 59.3 cm³/mol. The predicted octanol–water partition coefficient (Wildman–Crippen LogP) is 1.58. The van der Waals surface area contributed by atoms with Crippen LogP contribution < -0.4 is 4.90 Å². The van der Waals surface area contributed by atoms with Gasteiger partial charge in [-0.3, -0.25) is 9.69 Å². The van der Waals surface area contributed by atoms with Crippen molar-refractivity contribution in [1.82, 2.24) is 0 Å². The molecule has 1 aliphatic heterocycles. The molecule has 0 aliphatic carbocycles. The van der Waals surface area contributed by atoms with Crippen LogP contribution in [0.3, 0.4) is 0 Å². The molecule has 5 heteroatoms. The maximum Gasteiger partial charge on any atom is 0.326 e. The van der Waals surface area contributed by atoms with Crippen molar-refractivity contribution in [2.75, 3.05) is 4.90 Å². The molecular weight excluding hydrogens is 225 g/mol. The molecule has 0 radical (unpaired) electrons. The highest BCUT2D eigenvalue weighted by Gasteiger charge is 2.31. The summed E-state index contributed by atoms with van der Waals surface area (Å²) in [5.74, 6) is -1.68. The van der Waals surface area contributed by atoms with Gasteiger partial charge in [-0.25, -0.2) is 9.18 Å². The normalized spacial score (nSPS) is 16.6. The fourth-order valence-corrected chi connectivity index (χ4v) is 2.02. The molecular formula is C12H12FNO3. The summed E-state index contributed by atoms with van der Waals surface area (Å²) in [6.07, 6.45) is 0.669. The van der Waals surface area contributed by atoms with Crippen molar-refractivity contribution in [3.8, 4) is 0 Å². The summed E-state index contributed by atoms with van der Waals surface area (Å²) in [5, 5.41) is 8.96. The van der Waals surface area contributed by atoms with Gasteiger partial charge >= 0.3 is 5.97 Å². The van der Waals surface area contributed by atoms with Gasteiger partial charge in [0.25, 0.3) is 0 Å². The van der Waals surface area contributed by atoms with Gasteiger partial charge in [-0.05, 0) is 37.1 Å². The van der Waals surface area contributed by atoms with Gasteiger partial charge < -0.3 is 5.11 Å². The number of amides is 1. The minimum absolute atomic E-state index is 0.216. The molecule has 0 spiro atoms. The number of anilines is 1. The maximum absolute atomic E-state index is 13.1. The van der Waals surface area contributed by atoms with E-state index in [1.165, 1.54) is 30.0 Å². The molecule has 1 atom stereocenters. The number of fused-ring (bicyclic) bond motifs is 1. The van der Waals surface area contributed by atoms with Crippen LogP contribution in [0.5, 0.6) is 0 Å². The SMILES string of the molecule is CC(C(=O)O)N1C(=O)CCc2cc(F)ccc21. The summed E-state index contributed by atoms with van der Waals surface area (Å²) in [7, 11) is 0. The lowest BCUT2D eigenvalue weighted by molar-refractivity contribution is -0.139. The summed E-state index contributed by atoms with van der Waals surface area (Å²) in [6, 6.07) is 3.11. The van der Waals surface area contributed by atoms with Gasteiger partial charge in [-0.2, -0.15) is 0 Å². The Bertz CT molecular complexity index is 487. The second kappa shape index (κ2) is 4.16. The Morgan fingerprint density at radius 3 is 2.82 bits per heavy atom. The van der Waals surface area contributed by atoms with E-state index in [9.17, 15) is 14.0 Å². The van der Waals surface area contributed by atoms with Crippen LogP contribution in [0.15, 0.2) is 18.2 Å². The third-order valence-electron chi connectivity index (χ3n) is 2.92. The number of carboxylic acid groups (broad SMARTS) is 1. The monoisotopic (exact) mass is 237 g/mol. The minimum Gasteiger partial charge on any atom is -0.480 e. The third kappa shape index (κ3) is 2.00. The van der Waals surface area contributed by atoms with E-state index in [2.05, 4.69) is 0 Å². The highest BCUT2D eigenvalue weighted by Crippen LogP contribution is 2.30. The van der Waals surface area contributed by atoms with Crippen molar-refractivity contribution in [1.29, 1.82) is 0 Å². The summed E-state index contributed by atoms with van der Waals surface area (Å²) >= 11 is 0. The lowest BCUT2D eigenvalue weighted by Crippen LogP contribution is -2.45. The molecule has 1 heterocycles. The van der Waals surface area contributed by atoms with Crippen LogP contribution in [0.25, 0.3) is 0 Å². The Kier molecular flexibility index (Phi) is 2.83. The Labute approximate surface area is 97.7 Å². The third-order valence-corrected chi connectivity index (χ3v) is 2.92. The number of nitrogens with zero attached hydrogens (tertiary/aromatic N) is 1. The molecule has 0 fully saturated rings. The zero-order valence-corrected chi connectivity index (χ0v) is 9.31. The number of aliphatic carboxylic acids is 1. The number of carbonyl (C=O) groups is 2. The number of hydrogen-bond acceptors (Lipinski definition) is 2. The van der Waals surface area contributed by atoms with Gasteiger partial charge in [0.2, 0.25) is 5.91 Å². The number of halogens is 1. The molecule has 90 valence electrons. The van der Waals surface area contributed by atoms with Gasteiger partial charge in [0.1, 0.15) is 11.9 Å². The highest BCUT2D eigenvalue weighted by molar-refractivity contribution is 6.01. The van der Waals surface area contributed by atoms with E-state index in [1.807, 2.05) is 0 Å². The van der Waals surface area contributed by atoms with Crippen molar-refractivity contribution in [2.45, 2.75) is 25.8 Å². The smallest absolute Gasteiger partial charge is 0.326 e. The molecule has 1 aromatic carbocycles. The molecule has 2 rings (SSSR count). The van der Waals surface area contributed by atoms with Crippen LogP contribution in [0.2, 0.25) is 0 Å². The molecule has 0 saturated heterocycles. The van der Waals surface area contributed by atoms with Crippen LogP contribution in [0.4, 0.5) is 10.1 Å². The van der Waals surface area contributed by atoms with Crippen molar-refractivity contribution in [2.24, 2.45) is 0 Å². The van der Waals surface area contributed by atoms with Gasteiger partial charge in [-0.15, -0.1) is 0 Å². The van der Waals surface area contributed by atoms with Crippen molar-refractivity contribution < 1.29 is 19.1 Å². The maximum atomic E-state index is 13.1. The van der Waals surface area contributed by atoms with E-state index in [-0.39, 0.29) is 18.1 Å². The first-order chi connectivity index (χ1) is 8.00. The molecule has 1 unspecified atom stereocenters. The van der Waals surface area contributed by atoms with Gasteiger partial charge in [-0.1, -0.05) is 0 Å². The molecule has 17 heavy (non-hydrogen) atoms. The highest BCUT2D eigenvalue weighted by atomic mass is 19.1. The Hall–Kier alpha value is -1.91. The molecule has 0 bridgehead atoms. The summed E-state index contributed by atoms with van der Waals surface area (Å²) in [5.41, 5.74) is 1.18. The number of carbonyl (C=O) groups excluding carboxylic acids is 1. The molecule has 0 saturated carbocycles. The molecule has 4 nitrogen and oxygen atoms in total. The van der Waals surface area contributed by atoms with Crippen molar-refractivity contribution in [3.63, 3.8) is 0 Å². The fourth-order valence-electron chi connectivity index (χ4n) is 2.02. The standard InChI is InChI=1S/C12H12FNO3/c1-7(12(16)17)14-10-4-3-9(13)6-8(10)2-5-11(14)15/h3-4,6-7H,2,5H2,1H3,(H,16,17). The fraction of sp³-hybridized carbons (Fsp3) is 0.333. The molecule has 1 N–H and O–H groups in total. The summed E-state index contributed by atoms with van der Waals surface area (Å²) in [6.45, 7) is 1.44. The van der Waals surface area contributed by atoms with Crippen molar-refractivity contribution in [3.05, 3.63) is 29.6 Å². The van der Waals surface area contributed by atoms with E-state index >= 15 is 0 Å². The van der Waals surface area contributed by atoms with Crippen LogP contribution in [-0.2, 0) is 16.0 Å². The molecule has 1 aliphatic rings. The number of rotatable bonds is 2. The topological polar surface area (TPSA) is 57.6 Å². The molecule has 1 amide bonds. The second-order valence-electron chi connectivity index (χ2n) is 4.05. The first-order valence-corrected chi connectivity index (χ1v) is 5.34. The number of hydrogen-bond donors (Lipinski definition) is 1. The van der Waals surface area contributed by atoms with Crippen LogP contribution in [0.1, 0.15) is 18.9 Å². The van der Waals surface area contributed by atoms with E-state index < -0.39 is 12.0 Å². The van der Waals surface area contributed by atoms with Gasteiger partial charge in [0.15, 0.2) is 0 Å². The molecule has 0 aromatic heterocycles. The lowest BCUT2D eigenvalue weighted by Gasteiger charge is -2.32. The van der Waals surface area contributed by atoms with E-state index in [0.717, 1.165) is 0 Å². The largest absolute Gasteiger partial charge is 0.480 e. The first-order valence-electron chi connectivity index (χ1n) is 5.34. The van der Waals surface area contributed by atoms with Gasteiger partial charge in [0.05, 0.1) is 0 Å². The first kappa shape index (κ1) is 11.6. The summed E-state index contributed by atoms with van der Waals surface area (Å²) < 4.78 is 13.1. The average molecular weight is 237 g/mol. The van der Waals surface area contributed by atoms with Crippen LogP contribution >= 0.6 is 0 Å².